The molecule has 1 fully saturated rings. The molecule has 0 radical (unpaired) electrons. The highest BCUT2D eigenvalue weighted by Crippen LogP contribution is 2.14. The molecule has 0 amide bonds. The van der Waals surface area contributed by atoms with E-state index in [9.17, 15) is 0 Å². The second-order valence-corrected chi connectivity index (χ2v) is 3.63. The zero-order valence-electron chi connectivity index (χ0n) is 8.06. The van der Waals surface area contributed by atoms with Crippen molar-refractivity contribution in [2.24, 2.45) is 5.92 Å². The van der Waals surface area contributed by atoms with Gasteiger partial charge in [0.05, 0.1) is 0 Å². The van der Waals surface area contributed by atoms with E-state index < -0.39 is 0 Å². The molecule has 1 rings (SSSR count). The highest BCUT2D eigenvalue weighted by molar-refractivity contribution is 5.24. The molecular formula is C11H17N. The normalized spacial score (nSPS) is 19.8. The molecule has 0 N–H and O–H groups in total. The Hall–Kier alpha value is -0.740. The molecule has 1 aliphatic rings. The smallest absolute Gasteiger partial charge is 0.0230 e. The highest BCUT2D eigenvalue weighted by atomic mass is 15.1. The van der Waals surface area contributed by atoms with Crippen molar-refractivity contribution >= 4 is 0 Å². The van der Waals surface area contributed by atoms with E-state index in [2.05, 4.69) is 30.4 Å². The summed E-state index contributed by atoms with van der Waals surface area (Å²) in [5.74, 6) is 6.94. The zero-order valence-corrected chi connectivity index (χ0v) is 8.06. The minimum Gasteiger partial charge on any atom is -0.306 e. The van der Waals surface area contributed by atoms with Crippen LogP contribution in [0.4, 0.5) is 0 Å². The largest absolute Gasteiger partial charge is 0.306 e. The quantitative estimate of drug-likeness (QED) is 0.493. The van der Waals surface area contributed by atoms with Crippen molar-refractivity contribution < 1.29 is 0 Å². The van der Waals surface area contributed by atoms with E-state index in [0.29, 0.717) is 5.92 Å². The van der Waals surface area contributed by atoms with Crippen LogP contribution in [0.1, 0.15) is 19.8 Å². The summed E-state index contributed by atoms with van der Waals surface area (Å²) in [5, 5.41) is 0. The predicted molar refractivity (Wildman–Crippen MR) is 52.8 cm³/mol. The van der Waals surface area contributed by atoms with Gasteiger partial charge in [-0.25, -0.2) is 0 Å². The van der Waals surface area contributed by atoms with Crippen molar-refractivity contribution in [3.63, 3.8) is 0 Å². The Kier molecular flexibility index (Phi) is 3.37. The third kappa shape index (κ3) is 3.11. The Morgan fingerprint density at radius 1 is 1.42 bits per heavy atom. The van der Waals surface area contributed by atoms with Gasteiger partial charge in [0.15, 0.2) is 0 Å². The summed E-state index contributed by atoms with van der Waals surface area (Å²) in [5.41, 5.74) is 0.980. The van der Waals surface area contributed by atoms with E-state index in [1.165, 1.54) is 25.9 Å². The molecule has 0 atom stereocenters. The van der Waals surface area contributed by atoms with Gasteiger partial charge in [-0.2, -0.15) is 0 Å². The Morgan fingerprint density at radius 2 is 2.00 bits per heavy atom. The lowest BCUT2D eigenvalue weighted by molar-refractivity contribution is 0.248. The first-order chi connectivity index (χ1) is 5.68. The van der Waals surface area contributed by atoms with Gasteiger partial charge in [0.25, 0.3) is 0 Å². The SMILES string of the molecule is C=C(C)C#CC1CCN(C)CC1. The second kappa shape index (κ2) is 4.33. The minimum atomic E-state index is 0.609. The predicted octanol–water partition coefficient (Wildman–Crippen LogP) is 1.91. The molecule has 66 valence electrons. The first kappa shape index (κ1) is 9.35. The molecule has 1 heteroatoms. The van der Waals surface area contributed by atoms with Gasteiger partial charge in [-0.1, -0.05) is 18.4 Å². The monoisotopic (exact) mass is 163 g/mol. The molecule has 12 heavy (non-hydrogen) atoms. The number of hydrogen-bond donors (Lipinski definition) is 0. The molecule has 1 nitrogen and oxygen atoms in total. The van der Waals surface area contributed by atoms with Crippen LogP contribution in [-0.4, -0.2) is 25.0 Å². The van der Waals surface area contributed by atoms with Crippen LogP contribution >= 0.6 is 0 Å². The van der Waals surface area contributed by atoms with Gasteiger partial charge in [0, 0.05) is 5.92 Å². The summed E-state index contributed by atoms with van der Waals surface area (Å²) in [6.45, 7) is 8.11. The molecule has 0 saturated carbocycles. The first-order valence-corrected chi connectivity index (χ1v) is 4.54. The summed E-state index contributed by atoms with van der Waals surface area (Å²) in [7, 11) is 2.17. The van der Waals surface area contributed by atoms with Crippen molar-refractivity contribution in [3.8, 4) is 11.8 Å². The Morgan fingerprint density at radius 3 is 2.50 bits per heavy atom. The fourth-order valence-electron chi connectivity index (χ4n) is 1.38. The molecule has 1 saturated heterocycles. The van der Waals surface area contributed by atoms with E-state index in [0.717, 1.165) is 5.57 Å². The second-order valence-electron chi connectivity index (χ2n) is 3.63. The number of allylic oxidation sites excluding steroid dienone is 1. The Labute approximate surface area is 75.5 Å². The third-order valence-corrected chi connectivity index (χ3v) is 2.21. The van der Waals surface area contributed by atoms with Crippen LogP contribution in [-0.2, 0) is 0 Å². The molecule has 0 spiro atoms. The molecule has 0 aromatic heterocycles. The van der Waals surface area contributed by atoms with Gasteiger partial charge in [0.1, 0.15) is 0 Å². The van der Waals surface area contributed by atoms with Crippen LogP contribution < -0.4 is 0 Å². The van der Waals surface area contributed by atoms with Crippen molar-refractivity contribution in [2.45, 2.75) is 19.8 Å². The molecule has 0 aromatic carbocycles. The maximum Gasteiger partial charge on any atom is 0.0230 e. The van der Waals surface area contributed by atoms with Crippen molar-refractivity contribution in [2.75, 3.05) is 20.1 Å². The van der Waals surface area contributed by atoms with Crippen LogP contribution in [0.5, 0.6) is 0 Å². The molecule has 1 heterocycles. The summed E-state index contributed by atoms with van der Waals surface area (Å²) in [6, 6.07) is 0. The van der Waals surface area contributed by atoms with E-state index in [4.69, 9.17) is 0 Å². The third-order valence-electron chi connectivity index (χ3n) is 2.21. The summed E-state index contributed by atoms with van der Waals surface area (Å²) in [6.07, 6.45) is 2.44. The van der Waals surface area contributed by atoms with Gasteiger partial charge in [-0.3, -0.25) is 0 Å². The van der Waals surface area contributed by atoms with E-state index in [1.807, 2.05) is 6.92 Å². The summed E-state index contributed by atoms with van der Waals surface area (Å²) < 4.78 is 0. The number of piperidine rings is 1. The molecule has 0 aromatic rings. The molecule has 0 aliphatic carbocycles. The van der Waals surface area contributed by atoms with E-state index in [1.54, 1.807) is 0 Å². The van der Waals surface area contributed by atoms with Gasteiger partial charge >= 0.3 is 0 Å². The Balaban J connectivity index is 2.37. The molecule has 0 bridgehead atoms. The topological polar surface area (TPSA) is 3.24 Å². The van der Waals surface area contributed by atoms with Crippen molar-refractivity contribution in [1.82, 2.24) is 4.90 Å². The van der Waals surface area contributed by atoms with Crippen LogP contribution in [0.25, 0.3) is 0 Å². The van der Waals surface area contributed by atoms with E-state index >= 15 is 0 Å². The zero-order chi connectivity index (χ0) is 8.97. The average Bonchev–Trinajstić information content (AvgIpc) is 2.03. The lowest BCUT2D eigenvalue weighted by atomic mass is 9.98. The van der Waals surface area contributed by atoms with Gasteiger partial charge < -0.3 is 4.90 Å². The molecule has 0 unspecified atom stereocenters. The van der Waals surface area contributed by atoms with Gasteiger partial charge in [0.2, 0.25) is 0 Å². The molecular weight excluding hydrogens is 146 g/mol. The Bertz CT molecular complexity index is 211. The van der Waals surface area contributed by atoms with E-state index in [-0.39, 0.29) is 0 Å². The lowest BCUT2D eigenvalue weighted by Gasteiger charge is -2.25. The van der Waals surface area contributed by atoms with Crippen LogP contribution in [0.15, 0.2) is 12.2 Å². The maximum absolute atomic E-state index is 3.77. The fourth-order valence-corrected chi connectivity index (χ4v) is 1.38. The fraction of sp³-hybridized carbons (Fsp3) is 0.636. The van der Waals surface area contributed by atoms with Gasteiger partial charge in [-0.05, 0) is 45.5 Å². The highest BCUT2D eigenvalue weighted by Gasteiger charge is 2.13. The lowest BCUT2D eigenvalue weighted by Crippen LogP contribution is -2.29. The van der Waals surface area contributed by atoms with Crippen LogP contribution in [0.3, 0.4) is 0 Å². The first-order valence-electron chi connectivity index (χ1n) is 4.54. The number of rotatable bonds is 0. The molecule has 1 aliphatic heterocycles. The number of likely N-dealkylation sites (tertiary alicyclic amines) is 1. The average molecular weight is 163 g/mol. The number of nitrogens with zero attached hydrogens (tertiary/aromatic N) is 1. The minimum absolute atomic E-state index is 0.609. The van der Waals surface area contributed by atoms with Gasteiger partial charge in [-0.15, -0.1) is 0 Å². The summed E-state index contributed by atoms with van der Waals surface area (Å²) >= 11 is 0. The van der Waals surface area contributed by atoms with Crippen LogP contribution in [0.2, 0.25) is 0 Å². The van der Waals surface area contributed by atoms with Crippen molar-refractivity contribution in [3.05, 3.63) is 12.2 Å². The standard InChI is InChI=1S/C11H17N/c1-10(2)4-5-11-6-8-12(3)9-7-11/h11H,1,6-9H2,2-3H3. The maximum atomic E-state index is 3.77. The summed E-state index contributed by atoms with van der Waals surface area (Å²) in [4.78, 5) is 2.36. The number of hydrogen-bond acceptors (Lipinski definition) is 1. The van der Waals surface area contributed by atoms with Crippen molar-refractivity contribution in [1.29, 1.82) is 0 Å². The van der Waals surface area contributed by atoms with Crippen LogP contribution in [0, 0.1) is 17.8 Å².